The maximum atomic E-state index is 12.4. The van der Waals surface area contributed by atoms with Crippen LogP contribution in [0.15, 0.2) is 35.2 Å². The van der Waals surface area contributed by atoms with E-state index in [1.165, 1.54) is 11.3 Å². The van der Waals surface area contributed by atoms with E-state index in [4.69, 9.17) is 0 Å². The van der Waals surface area contributed by atoms with E-state index in [9.17, 15) is 9.59 Å². The van der Waals surface area contributed by atoms with Crippen molar-refractivity contribution >= 4 is 23.2 Å². The van der Waals surface area contributed by atoms with Crippen LogP contribution < -0.4 is 0 Å². The van der Waals surface area contributed by atoms with Gasteiger partial charge in [0.05, 0.1) is 5.51 Å². The molecule has 22 heavy (non-hydrogen) atoms. The number of thiazole rings is 1. The van der Waals surface area contributed by atoms with Gasteiger partial charge in [-0.1, -0.05) is 17.7 Å². The fourth-order valence-corrected chi connectivity index (χ4v) is 3.00. The topological polar surface area (TPSA) is 53.5 Å². The molecule has 0 aliphatic carbocycles. The highest BCUT2D eigenvalue weighted by atomic mass is 32.1. The van der Waals surface area contributed by atoms with Crippen molar-refractivity contribution in [1.29, 1.82) is 0 Å². The number of benzene rings is 1. The van der Waals surface area contributed by atoms with Crippen LogP contribution in [0.2, 0.25) is 0 Å². The minimum absolute atomic E-state index is 0.0285. The Bertz CT molecular complexity index is 659. The van der Waals surface area contributed by atoms with Crippen molar-refractivity contribution in [3.8, 4) is 0 Å². The Balaban J connectivity index is 1.60. The molecule has 0 unspecified atom stereocenters. The number of aryl methyl sites for hydroxylation is 1. The van der Waals surface area contributed by atoms with Crippen LogP contribution in [0, 0.1) is 6.92 Å². The highest BCUT2D eigenvalue weighted by Crippen LogP contribution is 2.12. The summed E-state index contributed by atoms with van der Waals surface area (Å²) in [6, 6.07) is 7.58. The molecule has 1 fully saturated rings. The lowest BCUT2D eigenvalue weighted by molar-refractivity contribution is 0.0533. The van der Waals surface area contributed by atoms with Gasteiger partial charge in [0.2, 0.25) is 0 Å². The Labute approximate surface area is 133 Å². The van der Waals surface area contributed by atoms with Gasteiger partial charge in [0.1, 0.15) is 5.69 Å². The Morgan fingerprint density at radius 2 is 1.59 bits per heavy atom. The molecule has 0 saturated carbocycles. The van der Waals surface area contributed by atoms with E-state index in [2.05, 4.69) is 4.98 Å². The zero-order valence-corrected chi connectivity index (χ0v) is 13.2. The summed E-state index contributed by atoms with van der Waals surface area (Å²) >= 11 is 1.41. The van der Waals surface area contributed by atoms with Crippen LogP contribution in [0.5, 0.6) is 0 Å². The summed E-state index contributed by atoms with van der Waals surface area (Å²) in [4.78, 5) is 32.2. The second kappa shape index (κ2) is 6.27. The molecule has 0 bridgehead atoms. The van der Waals surface area contributed by atoms with E-state index in [1.807, 2.05) is 31.2 Å². The zero-order chi connectivity index (χ0) is 15.5. The van der Waals surface area contributed by atoms with E-state index in [0.29, 0.717) is 37.4 Å². The predicted octanol–water partition coefficient (Wildman–Crippen LogP) is 2.05. The van der Waals surface area contributed by atoms with Crippen LogP contribution in [0.1, 0.15) is 26.4 Å². The Morgan fingerprint density at radius 1 is 1.00 bits per heavy atom. The molecule has 1 aliphatic rings. The first kappa shape index (κ1) is 14.7. The molecule has 1 aromatic heterocycles. The van der Waals surface area contributed by atoms with Crippen molar-refractivity contribution in [3.05, 3.63) is 52.0 Å². The van der Waals surface area contributed by atoms with Gasteiger partial charge in [-0.05, 0) is 19.1 Å². The summed E-state index contributed by atoms with van der Waals surface area (Å²) < 4.78 is 0. The number of amides is 2. The summed E-state index contributed by atoms with van der Waals surface area (Å²) in [5.41, 5.74) is 3.98. The largest absolute Gasteiger partial charge is 0.335 e. The molecule has 0 atom stereocenters. The third-order valence-electron chi connectivity index (χ3n) is 3.80. The summed E-state index contributed by atoms with van der Waals surface area (Å²) in [6.45, 7) is 4.21. The Morgan fingerprint density at radius 3 is 2.14 bits per heavy atom. The molecule has 0 N–H and O–H groups in total. The van der Waals surface area contributed by atoms with E-state index >= 15 is 0 Å². The first-order valence-electron chi connectivity index (χ1n) is 7.18. The fraction of sp³-hybridized carbons (Fsp3) is 0.312. The van der Waals surface area contributed by atoms with Crippen molar-refractivity contribution in [3.63, 3.8) is 0 Å². The highest BCUT2D eigenvalue weighted by Gasteiger charge is 2.26. The number of piperazine rings is 1. The van der Waals surface area contributed by atoms with Gasteiger partial charge in [0.15, 0.2) is 0 Å². The molecule has 5 nitrogen and oxygen atoms in total. The van der Waals surface area contributed by atoms with Gasteiger partial charge in [0.25, 0.3) is 11.8 Å². The molecule has 2 amide bonds. The Hall–Kier alpha value is -2.21. The zero-order valence-electron chi connectivity index (χ0n) is 12.4. The number of hydrogen-bond donors (Lipinski definition) is 0. The van der Waals surface area contributed by atoms with Crippen molar-refractivity contribution < 1.29 is 9.59 Å². The fourth-order valence-electron chi connectivity index (χ4n) is 2.47. The molecule has 2 aromatic rings. The molecule has 0 radical (unpaired) electrons. The van der Waals surface area contributed by atoms with Crippen LogP contribution in [0.3, 0.4) is 0 Å². The summed E-state index contributed by atoms with van der Waals surface area (Å²) in [5, 5.41) is 1.76. The minimum atomic E-state index is -0.0521. The maximum Gasteiger partial charge on any atom is 0.273 e. The average Bonchev–Trinajstić information content (AvgIpc) is 3.09. The lowest BCUT2D eigenvalue weighted by Gasteiger charge is -2.34. The van der Waals surface area contributed by atoms with Crippen molar-refractivity contribution in [2.75, 3.05) is 26.2 Å². The standard InChI is InChI=1S/C16H17N3O2S/c1-12-2-4-13(5-3-12)15(20)18-6-8-19(9-7-18)16(21)14-10-22-11-17-14/h2-5,10-11H,6-9H2,1H3. The molecule has 1 saturated heterocycles. The van der Waals surface area contributed by atoms with Gasteiger partial charge in [-0.3, -0.25) is 9.59 Å². The summed E-state index contributed by atoms with van der Waals surface area (Å²) in [7, 11) is 0. The van der Waals surface area contributed by atoms with E-state index in [1.54, 1.807) is 20.7 Å². The minimum Gasteiger partial charge on any atom is -0.335 e. The number of rotatable bonds is 2. The van der Waals surface area contributed by atoms with E-state index in [0.717, 1.165) is 5.56 Å². The van der Waals surface area contributed by atoms with Gasteiger partial charge in [0, 0.05) is 37.1 Å². The van der Waals surface area contributed by atoms with Crippen LogP contribution >= 0.6 is 11.3 Å². The maximum absolute atomic E-state index is 12.4. The van der Waals surface area contributed by atoms with Gasteiger partial charge >= 0.3 is 0 Å². The number of hydrogen-bond acceptors (Lipinski definition) is 4. The second-order valence-corrected chi connectivity index (χ2v) is 6.04. The van der Waals surface area contributed by atoms with Crippen LogP contribution in [0.4, 0.5) is 0 Å². The van der Waals surface area contributed by atoms with Crippen LogP contribution in [0.25, 0.3) is 0 Å². The molecule has 3 rings (SSSR count). The molecule has 6 heteroatoms. The lowest BCUT2D eigenvalue weighted by atomic mass is 10.1. The third-order valence-corrected chi connectivity index (χ3v) is 4.39. The number of carbonyl (C=O) groups excluding carboxylic acids is 2. The van der Waals surface area contributed by atoms with Gasteiger partial charge in [-0.2, -0.15) is 0 Å². The van der Waals surface area contributed by atoms with Crippen LogP contribution in [-0.2, 0) is 0 Å². The number of carbonyl (C=O) groups is 2. The number of nitrogens with zero attached hydrogens (tertiary/aromatic N) is 3. The first-order chi connectivity index (χ1) is 10.6. The smallest absolute Gasteiger partial charge is 0.273 e. The van der Waals surface area contributed by atoms with Crippen LogP contribution in [-0.4, -0.2) is 52.8 Å². The Kier molecular flexibility index (Phi) is 4.20. The van der Waals surface area contributed by atoms with Crippen molar-refractivity contribution in [2.24, 2.45) is 0 Å². The number of aromatic nitrogens is 1. The average molecular weight is 315 g/mol. The predicted molar refractivity (Wildman–Crippen MR) is 85.1 cm³/mol. The van der Waals surface area contributed by atoms with Crippen molar-refractivity contribution in [1.82, 2.24) is 14.8 Å². The molecular formula is C16H17N3O2S. The third kappa shape index (κ3) is 3.01. The molecule has 114 valence electrons. The van der Waals surface area contributed by atoms with E-state index < -0.39 is 0 Å². The van der Waals surface area contributed by atoms with E-state index in [-0.39, 0.29) is 11.8 Å². The normalized spacial score (nSPS) is 15.0. The summed E-state index contributed by atoms with van der Waals surface area (Å²) in [5.74, 6) is -0.0237. The first-order valence-corrected chi connectivity index (χ1v) is 8.13. The quantitative estimate of drug-likeness (QED) is 0.852. The van der Waals surface area contributed by atoms with Gasteiger partial charge in [-0.15, -0.1) is 11.3 Å². The molecule has 1 aliphatic heterocycles. The second-order valence-electron chi connectivity index (χ2n) is 5.32. The highest BCUT2D eigenvalue weighted by molar-refractivity contribution is 7.07. The van der Waals surface area contributed by atoms with Gasteiger partial charge < -0.3 is 9.80 Å². The lowest BCUT2D eigenvalue weighted by Crippen LogP contribution is -2.50. The van der Waals surface area contributed by atoms with Crippen molar-refractivity contribution in [2.45, 2.75) is 6.92 Å². The van der Waals surface area contributed by atoms with Gasteiger partial charge in [-0.25, -0.2) is 4.98 Å². The SMILES string of the molecule is Cc1ccc(C(=O)N2CCN(C(=O)c3cscn3)CC2)cc1. The molecular weight excluding hydrogens is 298 g/mol. The summed E-state index contributed by atoms with van der Waals surface area (Å²) in [6.07, 6.45) is 0. The monoisotopic (exact) mass is 315 g/mol. The molecule has 2 heterocycles. The molecule has 1 aromatic carbocycles. The molecule has 0 spiro atoms.